The average molecular weight is 562 g/mol. The van der Waals surface area contributed by atoms with E-state index in [1.54, 1.807) is 0 Å². The zero-order chi connectivity index (χ0) is 28.7. The Morgan fingerprint density at radius 3 is 1.93 bits per heavy atom. The quantitative estimate of drug-likeness (QED) is 0.182. The van der Waals surface area contributed by atoms with Crippen molar-refractivity contribution in [2.45, 2.75) is 25.2 Å². The molecule has 0 fully saturated rings. The van der Waals surface area contributed by atoms with Crippen LogP contribution in [0.5, 0.6) is 11.5 Å². The van der Waals surface area contributed by atoms with E-state index < -0.39 is 20.0 Å². The molecule has 0 atom stereocenters. The van der Waals surface area contributed by atoms with Gasteiger partial charge in [-0.05, 0) is 80.4 Å². The third-order valence-corrected chi connectivity index (χ3v) is 8.64. The SMILES string of the molecule is Cc1ccc2cccc(O[C](C)(C)[Al][O]c3ccc(-c4ccc(-n5c6ccccc6c6ccccc65)cc4)cc3)c2n1. The van der Waals surface area contributed by atoms with Crippen LogP contribution in [-0.4, -0.2) is 29.6 Å². The van der Waals surface area contributed by atoms with Crippen molar-refractivity contribution in [2.75, 3.05) is 0 Å². The van der Waals surface area contributed by atoms with Gasteiger partial charge in [0.05, 0.1) is 21.2 Å². The molecule has 7 aromatic rings. The lowest BCUT2D eigenvalue weighted by Gasteiger charge is -2.26. The molecule has 5 heteroatoms. The van der Waals surface area contributed by atoms with Gasteiger partial charge in [-0.25, -0.2) is 4.98 Å². The second-order valence-electron chi connectivity index (χ2n) is 11.2. The van der Waals surface area contributed by atoms with E-state index in [9.17, 15) is 0 Å². The van der Waals surface area contributed by atoms with Crippen LogP contribution >= 0.6 is 0 Å². The van der Waals surface area contributed by atoms with Crippen molar-refractivity contribution in [1.29, 1.82) is 0 Å². The number of nitrogens with zero attached hydrogens (tertiary/aromatic N) is 2. The van der Waals surface area contributed by atoms with Gasteiger partial charge in [0.15, 0.2) is 0 Å². The topological polar surface area (TPSA) is 36.3 Å². The predicted octanol–water partition coefficient (Wildman–Crippen LogP) is 9.12. The average Bonchev–Trinajstić information content (AvgIpc) is 3.35. The van der Waals surface area contributed by atoms with Crippen molar-refractivity contribution in [3.63, 3.8) is 0 Å². The van der Waals surface area contributed by atoms with E-state index in [0.717, 1.165) is 39.3 Å². The third kappa shape index (κ3) is 5.03. The van der Waals surface area contributed by atoms with Gasteiger partial charge in [0.2, 0.25) is 0 Å². The summed E-state index contributed by atoms with van der Waals surface area (Å²) in [6.07, 6.45) is 0. The maximum atomic E-state index is 6.43. The molecular formula is C37H30AlN2O2. The van der Waals surface area contributed by atoms with Gasteiger partial charge in [-0.2, -0.15) is 0 Å². The highest BCUT2D eigenvalue weighted by molar-refractivity contribution is 6.32. The Morgan fingerprint density at radius 2 is 1.26 bits per heavy atom. The first-order valence-corrected chi connectivity index (χ1v) is 15.3. The number of benzene rings is 5. The summed E-state index contributed by atoms with van der Waals surface area (Å²) in [5.41, 5.74) is 7.77. The third-order valence-electron chi connectivity index (χ3n) is 7.57. The van der Waals surface area contributed by atoms with Crippen LogP contribution in [0.1, 0.15) is 19.5 Å². The van der Waals surface area contributed by atoms with Crippen LogP contribution in [0.4, 0.5) is 0 Å². The molecule has 0 aliphatic heterocycles. The monoisotopic (exact) mass is 561 g/mol. The van der Waals surface area contributed by atoms with E-state index >= 15 is 0 Å². The van der Waals surface area contributed by atoms with Crippen molar-refractivity contribution in [3.8, 4) is 28.3 Å². The second kappa shape index (κ2) is 10.7. The van der Waals surface area contributed by atoms with Crippen LogP contribution < -0.4 is 8.53 Å². The molecule has 2 aromatic heterocycles. The van der Waals surface area contributed by atoms with Crippen molar-refractivity contribution in [2.24, 2.45) is 0 Å². The van der Waals surface area contributed by atoms with Crippen molar-refractivity contribution in [1.82, 2.24) is 9.55 Å². The number of pyridine rings is 1. The van der Waals surface area contributed by atoms with Gasteiger partial charge < -0.3 is 13.1 Å². The van der Waals surface area contributed by atoms with E-state index in [-0.39, 0.29) is 0 Å². The molecule has 0 spiro atoms. The number of hydrogen-bond acceptors (Lipinski definition) is 3. The van der Waals surface area contributed by atoms with Crippen LogP contribution in [0.15, 0.2) is 127 Å². The minimum absolute atomic E-state index is 0.457. The van der Waals surface area contributed by atoms with Gasteiger partial charge in [-0.3, -0.25) is 0 Å². The number of rotatable bonds is 7. The molecule has 203 valence electrons. The molecule has 7 rings (SSSR count). The number of aryl methyl sites for hydroxylation is 1. The Kier molecular flexibility index (Phi) is 6.71. The molecule has 0 saturated heterocycles. The van der Waals surface area contributed by atoms with Crippen molar-refractivity contribution < 1.29 is 8.53 Å². The summed E-state index contributed by atoms with van der Waals surface area (Å²) in [6.45, 7) is 6.15. The Hall–Kier alpha value is -4.56. The maximum absolute atomic E-state index is 6.43. The fraction of sp³-hybridized carbons (Fsp3) is 0.108. The van der Waals surface area contributed by atoms with Crippen LogP contribution in [0.2, 0.25) is 0 Å². The summed E-state index contributed by atoms with van der Waals surface area (Å²) >= 11 is -0.481. The molecule has 0 N–H and O–H groups in total. The van der Waals surface area contributed by atoms with Gasteiger partial charge in [-0.1, -0.05) is 78.9 Å². The number of para-hydroxylation sites is 3. The van der Waals surface area contributed by atoms with Gasteiger partial charge >= 0.3 is 15.6 Å². The Balaban J connectivity index is 1.07. The second-order valence-corrected chi connectivity index (χ2v) is 13.0. The zero-order valence-corrected chi connectivity index (χ0v) is 25.1. The molecule has 0 saturated carbocycles. The van der Waals surface area contributed by atoms with E-state index in [1.807, 2.05) is 37.3 Å². The largest absolute Gasteiger partial charge is 0.646 e. The van der Waals surface area contributed by atoms with Crippen LogP contribution in [0, 0.1) is 6.92 Å². The number of hydrogen-bond donors (Lipinski definition) is 0. The van der Waals surface area contributed by atoms with E-state index in [0.29, 0.717) is 0 Å². The fourth-order valence-corrected chi connectivity index (χ4v) is 6.30. The van der Waals surface area contributed by atoms with E-state index in [1.165, 1.54) is 27.4 Å². The first-order valence-electron chi connectivity index (χ1n) is 14.2. The van der Waals surface area contributed by atoms with E-state index in [2.05, 4.69) is 115 Å². The summed E-state index contributed by atoms with van der Waals surface area (Å²) in [5, 5.41) is 3.61. The van der Waals surface area contributed by atoms with Crippen LogP contribution in [-0.2, 0) is 0 Å². The van der Waals surface area contributed by atoms with Gasteiger partial charge in [0, 0.05) is 27.5 Å². The smallest absolute Gasteiger partial charge is 0.576 e. The lowest BCUT2D eigenvalue weighted by Crippen LogP contribution is -2.39. The molecule has 0 unspecified atom stereocenters. The fourth-order valence-electron chi connectivity index (χ4n) is 5.55. The molecule has 2 heterocycles. The molecular weight excluding hydrogens is 531 g/mol. The van der Waals surface area contributed by atoms with Crippen LogP contribution in [0.25, 0.3) is 49.5 Å². The first kappa shape index (κ1) is 26.3. The van der Waals surface area contributed by atoms with Gasteiger partial charge in [0.1, 0.15) is 11.3 Å². The normalized spacial score (nSPS) is 11.7. The molecule has 4 nitrogen and oxygen atoms in total. The molecule has 0 aliphatic rings. The Bertz CT molecular complexity index is 1990. The molecule has 0 bridgehead atoms. The lowest BCUT2D eigenvalue weighted by molar-refractivity contribution is 0.183. The zero-order valence-electron chi connectivity index (χ0n) is 23.9. The molecule has 0 aliphatic carbocycles. The summed E-state index contributed by atoms with van der Waals surface area (Å²) in [6, 6.07) is 44.5. The summed E-state index contributed by atoms with van der Waals surface area (Å²) in [4.78, 5) is 4.71. The van der Waals surface area contributed by atoms with Gasteiger partial charge in [-0.15, -0.1) is 0 Å². The van der Waals surface area contributed by atoms with E-state index in [4.69, 9.17) is 13.5 Å². The number of fused-ring (bicyclic) bond motifs is 4. The molecule has 0 amide bonds. The minimum atomic E-state index is -0.481. The number of ether oxygens (including phenoxy) is 1. The summed E-state index contributed by atoms with van der Waals surface area (Å²) < 4.78 is 14.6. The Labute approximate surface area is 252 Å². The standard InChI is InChI=1S/C24H17NO.C13H14NO.Al/c26-20-15-11-18(12-16-20)17-9-13-19(14-10-17)25-23-7-3-1-5-21(23)22-6-2-4-8-24(22)25;1-9(2)15-12-6-4-5-11-8-7-10(3)14-13(11)12;/h1-16,26H;4-8H,1-3H3;/q;;+1/p-1. The minimum Gasteiger partial charge on any atom is -0.646 e. The summed E-state index contributed by atoms with van der Waals surface area (Å²) in [7, 11) is 0. The highest BCUT2D eigenvalue weighted by Gasteiger charge is 2.28. The Morgan fingerprint density at radius 1 is 0.643 bits per heavy atom. The predicted molar refractivity (Wildman–Crippen MR) is 174 cm³/mol. The highest BCUT2D eigenvalue weighted by Crippen LogP contribution is 2.33. The molecule has 1 radical (unpaired) electrons. The summed E-state index contributed by atoms with van der Waals surface area (Å²) in [5.74, 6) is 1.64. The highest BCUT2D eigenvalue weighted by atomic mass is 27.1. The lowest BCUT2D eigenvalue weighted by atomic mass is 10.1. The van der Waals surface area contributed by atoms with Gasteiger partial charge in [0.25, 0.3) is 0 Å². The molecule has 5 aromatic carbocycles. The van der Waals surface area contributed by atoms with Crippen molar-refractivity contribution in [3.05, 3.63) is 133 Å². The number of aromatic nitrogens is 2. The first-order chi connectivity index (χ1) is 20.4. The molecule has 42 heavy (non-hydrogen) atoms. The van der Waals surface area contributed by atoms with Crippen LogP contribution in [0.3, 0.4) is 0 Å². The maximum Gasteiger partial charge on any atom is 0.576 e. The van der Waals surface area contributed by atoms with Crippen molar-refractivity contribution >= 4 is 48.3 Å².